The minimum atomic E-state index is -4.12. The first-order valence-corrected chi connectivity index (χ1v) is 23.5. The first-order chi connectivity index (χ1) is 29.1. The van der Waals surface area contributed by atoms with Crippen LogP contribution in [0.25, 0.3) is 0 Å². The molecule has 5 aromatic carbocycles. The SMILES string of the molecule is Cc1ccccc1S(=O)(=O)N1[C@@H](c2ccc(Cl)cc2)C(C(=O)O)=C[C@H]1C(C)(C)C.Cc1ccccc1S(=O)(=O)N1[C@@H](c2cccc(Cl)c2)C(C(=O)O)=CC[C@H]1c1ccc(Cl)cc1. The summed E-state index contributed by atoms with van der Waals surface area (Å²) in [5.74, 6) is -2.32. The van der Waals surface area contributed by atoms with Gasteiger partial charge in [-0.1, -0.05) is 141 Å². The maximum atomic E-state index is 14.1. The van der Waals surface area contributed by atoms with Gasteiger partial charge in [0.1, 0.15) is 0 Å². The molecule has 2 aliphatic heterocycles. The summed E-state index contributed by atoms with van der Waals surface area (Å²) < 4.78 is 58.5. The van der Waals surface area contributed by atoms with Crippen molar-refractivity contribution < 1.29 is 36.6 Å². The standard InChI is InChI=1S/C25H21Cl2NO4S.C22H24ClNO4S/c1-16-5-2-3-8-23(16)33(31,32)28-22(17-9-11-19(26)12-10-17)14-13-21(25(29)30)24(28)18-6-4-7-20(27)15-18;1-14-7-5-6-8-18(14)29(27,28)24-19(22(2,3)4)13-17(21(25)26)20(24)15-9-11-16(23)12-10-15/h2-13,15,22,24H,14H2,1H3,(H,29,30);5-13,19-20H,1-4H3,(H,25,26)/t22-,24-;19-,20-/m00/s1. The highest BCUT2D eigenvalue weighted by molar-refractivity contribution is 7.89. The second-order valence-electron chi connectivity index (χ2n) is 16.1. The number of halogens is 3. The zero-order chi connectivity index (χ0) is 45.3. The first kappa shape index (κ1) is 46.7. The van der Waals surface area contributed by atoms with Gasteiger partial charge in [0.15, 0.2) is 0 Å². The average molecular weight is 936 g/mol. The van der Waals surface area contributed by atoms with E-state index in [1.54, 1.807) is 141 Å². The smallest absolute Gasteiger partial charge is 0.333 e. The number of benzene rings is 5. The second-order valence-corrected chi connectivity index (χ2v) is 21.1. The van der Waals surface area contributed by atoms with Crippen molar-refractivity contribution in [2.45, 2.75) is 75.0 Å². The molecule has 0 aliphatic carbocycles. The Morgan fingerprint density at radius 3 is 1.52 bits per heavy atom. The fourth-order valence-electron chi connectivity index (χ4n) is 7.88. The highest BCUT2D eigenvalue weighted by Crippen LogP contribution is 2.48. The number of aliphatic carboxylic acids is 2. The number of hydrogen-bond acceptors (Lipinski definition) is 6. The summed E-state index contributed by atoms with van der Waals surface area (Å²) in [4.78, 5) is 24.6. The lowest BCUT2D eigenvalue weighted by Crippen LogP contribution is -2.45. The largest absolute Gasteiger partial charge is 0.478 e. The maximum Gasteiger partial charge on any atom is 0.333 e. The van der Waals surface area contributed by atoms with Gasteiger partial charge in [0.05, 0.1) is 39.1 Å². The topological polar surface area (TPSA) is 149 Å². The van der Waals surface area contributed by atoms with Crippen LogP contribution in [0.4, 0.5) is 0 Å². The fourth-order valence-corrected chi connectivity index (χ4v) is 12.5. The van der Waals surface area contributed by atoms with Crippen LogP contribution in [0.2, 0.25) is 15.1 Å². The summed E-state index contributed by atoms with van der Waals surface area (Å²) in [5.41, 5.74) is 2.45. The van der Waals surface area contributed by atoms with Crippen LogP contribution in [0.5, 0.6) is 0 Å². The molecule has 2 aliphatic rings. The summed E-state index contributed by atoms with van der Waals surface area (Å²) in [5, 5.41) is 21.3. The molecule has 0 spiro atoms. The molecule has 7 rings (SSSR count). The number of nitrogens with zero attached hydrogens (tertiary/aromatic N) is 2. The van der Waals surface area contributed by atoms with Crippen molar-refractivity contribution in [1.82, 2.24) is 8.61 Å². The minimum Gasteiger partial charge on any atom is -0.478 e. The molecule has 62 heavy (non-hydrogen) atoms. The Bertz CT molecular complexity index is 2790. The molecule has 0 unspecified atom stereocenters. The maximum absolute atomic E-state index is 14.1. The third-order valence-corrected chi connectivity index (χ3v) is 15.6. The van der Waals surface area contributed by atoms with Crippen LogP contribution in [-0.2, 0) is 29.6 Å². The molecule has 5 aromatic rings. The van der Waals surface area contributed by atoms with Gasteiger partial charge in [0.2, 0.25) is 20.0 Å². The fraction of sp³-hybridized carbons (Fsp3) is 0.234. The molecule has 2 heterocycles. The van der Waals surface area contributed by atoms with Crippen molar-refractivity contribution in [1.29, 1.82) is 0 Å². The van der Waals surface area contributed by atoms with E-state index in [0.717, 1.165) is 0 Å². The van der Waals surface area contributed by atoms with Crippen molar-refractivity contribution in [3.63, 3.8) is 0 Å². The van der Waals surface area contributed by atoms with Gasteiger partial charge in [0, 0.05) is 21.1 Å². The lowest BCUT2D eigenvalue weighted by Gasteiger charge is -2.41. The normalized spacial score (nSPS) is 19.8. The number of carboxylic acids is 2. The molecule has 4 atom stereocenters. The summed E-state index contributed by atoms with van der Waals surface area (Å²) in [6.07, 6.45) is 3.36. The molecular formula is C47H45Cl3N2O8S2. The molecule has 0 aromatic heterocycles. The molecule has 10 nitrogen and oxygen atoms in total. The highest BCUT2D eigenvalue weighted by atomic mass is 35.5. The number of carboxylic acid groups (broad SMARTS) is 2. The van der Waals surface area contributed by atoms with Crippen LogP contribution in [-0.4, -0.2) is 53.6 Å². The molecule has 0 fully saturated rings. The van der Waals surface area contributed by atoms with E-state index in [4.69, 9.17) is 34.8 Å². The molecule has 0 amide bonds. The van der Waals surface area contributed by atoms with Gasteiger partial charge >= 0.3 is 11.9 Å². The summed E-state index contributed by atoms with van der Waals surface area (Å²) >= 11 is 18.3. The van der Waals surface area contributed by atoms with Gasteiger partial charge in [-0.3, -0.25) is 0 Å². The van der Waals surface area contributed by atoms with Gasteiger partial charge in [0.25, 0.3) is 0 Å². The van der Waals surface area contributed by atoms with Crippen molar-refractivity contribution >= 4 is 66.8 Å². The van der Waals surface area contributed by atoms with Crippen LogP contribution >= 0.6 is 34.8 Å². The van der Waals surface area contributed by atoms with E-state index in [1.165, 1.54) is 14.7 Å². The zero-order valence-electron chi connectivity index (χ0n) is 34.4. The lowest BCUT2D eigenvalue weighted by molar-refractivity contribution is -0.134. The van der Waals surface area contributed by atoms with Gasteiger partial charge in [-0.25, -0.2) is 26.4 Å². The molecule has 15 heteroatoms. The highest BCUT2D eigenvalue weighted by Gasteiger charge is 2.50. The Hall–Kier alpha value is -4.79. The van der Waals surface area contributed by atoms with Gasteiger partial charge in [-0.2, -0.15) is 8.61 Å². The number of aryl methyl sites for hydroxylation is 2. The number of sulfonamides is 2. The van der Waals surface area contributed by atoms with Crippen LogP contribution < -0.4 is 0 Å². The molecule has 0 saturated heterocycles. The van der Waals surface area contributed by atoms with Crippen molar-refractivity contribution in [3.05, 3.63) is 188 Å². The quantitative estimate of drug-likeness (QED) is 0.148. The molecule has 2 N–H and O–H groups in total. The van der Waals surface area contributed by atoms with E-state index in [9.17, 15) is 36.6 Å². The van der Waals surface area contributed by atoms with Crippen molar-refractivity contribution in [3.8, 4) is 0 Å². The zero-order valence-corrected chi connectivity index (χ0v) is 38.3. The van der Waals surface area contributed by atoms with Gasteiger partial charge in [-0.15, -0.1) is 0 Å². The average Bonchev–Trinajstić information content (AvgIpc) is 3.65. The van der Waals surface area contributed by atoms with Crippen molar-refractivity contribution in [2.75, 3.05) is 0 Å². The van der Waals surface area contributed by atoms with Crippen LogP contribution in [0.3, 0.4) is 0 Å². The molecular weight excluding hydrogens is 891 g/mol. The molecule has 0 saturated carbocycles. The number of rotatable bonds is 9. The molecule has 324 valence electrons. The second kappa shape index (κ2) is 18.5. The van der Waals surface area contributed by atoms with E-state index >= 15 is 0 Å². The minimum absolute atomic E-state index is 0.0142. The monoisotopic (exact) mass is 934 g/mol. The van der Waals surface area contributed by atoms with Crippen LogP contribution in [0.15, 0.2) is 154 Å². The Morgan fingerprint density at radius 2 is 1.05 bits per heavy atom. The van der Waals surface area contributed by atoms with E-state index in [0.29, 0.717) is 42.9 Å². The Labute approximate surface area is 377 Å². The van der Waals surface area contributed by atoms with E-state index in [-0.39, 0.29) is 27.4 Å². The first-order valence-electron chi connectivity index (χ1n) is 19.5. The van der Waals surface area contributed by atoms with Gasteiger partial charge in [-0.05, 0) is 102 Å². The molecule has 0 bridgehead atoms. The third-order valence-electron chi connectivity index (χ3n) is 10.9. The Kier molecular flexibility index (Phi) is 13.9. The summed E-state index contributed by atoms with van der Waals surface area (Å²) in [6, 6.07) is 30.3. The third kappa shape index (κ3) is 9.57. The van der Waals surface area contributed by atoms with Crippen LogP contribution in [0.1, 0.15) is 73.1 Å². The number of carbonyl (C=O) groups is 2. The predicted molar refractivity (Wildman–Crippen MR) is 242 cm³/mol. The summed E-state index contributed by atoms with van der Waals surface area (Å²) in [7, 11) is -8.11. The lowest BCUT2D eigenvalue weighted by atomic mass is 9.87. The van der Waals surface area contributed by atoms with Crippen LogP contribution in [0, 0.1) is 19.3 Å². The number of hydrogen-bond donors (Lipinski definition) is 2. The van der Waals surface area contributed by atoms with E-state index < -0.39 is 61.6 Å². The van der Waals surface area contributed by atoms with Crippen molar-refractivity contribution in [2.24, 2.45) is 5.41 Å². The summed E-state index contributed by atoms with van der Waals surface area (Å²) in [6.45, 7) is 9.16. The van der Waals surface area contributed by atoms with E-state index in [2.05, 4.69) is 0 Å². The Balaban J connectivity index is 0.000000209. The molecule has 0 radical (unpaired) electrons. The predicted octanol–water partition coefficient (Wildman–Crippen LogP) is 11.0. The van der Waals surface area contributed by atoms with Gasteiger partial charge < -0.3 is 10.2 Å². The van der Waals surface area contributed by atoms with E-state index in [1.807, 2.05) is 20.8 Å². The Morgan fingerprint density at radius 1 is 0.581 bits per heavy atom.